The number of benzene rings is 1. The van der Waals surface area contributed by atoms with Gasteiger partial charge in [0.15, 0.2) is 5.69 Å². The molecule has 0 aliphatic heterocycles. The largest absolute Gasteiger partial charge is 0.476 e. The fraction of sp³-hybridized carbons (Fsp3) is 0. The second-order valence-corrected chi connectivity index (χ2v) is 4.70. The van der Waals surface area contributed by atoms with Crippen molar-refractivity contribution in [2.24, 2.45) is 0 Å². The number of hydrogen-bond donors (Lipinski definition) is 1. The lowest BCUT2D eigenvalue weighted by molar-refractivity contribution is 0.0693. The minimum Gasteiger partial charge on any atom is -0.476 e. The van der Waals surface area contributed by atoms with Crippen LogP contribution in [0.3, 0.4) is 0 Å². The molecular weight excluding hydrogens is 270 g/mol. The van der Waals surface area contributed by atoms with E-state index in [2.05, 4.69) is 4.98 Å². The van der Waals surface area contributed by atoms with Gasteiger partial charge in [-0.2, -0.15) is 0 Å². The lowest BCUT2D eigenvalue weighted by atomic mass is 10.2. The van der Waals surface area contributed by atoms with Crippen LogP contribution in [-0.4, -0.2) is 24.9 Å². The standard InChI is InChI=1S/C15H9N3O3/c19-14-9-4-1-2-5-10(9)18-8-16-12(15(20)21)13(18)11-6-3-7-17(11)14/h1-8H,(H,20,21). The van der Waals surface area contributed by atoms with Crippen LogP contribution < -0.4 is 5.56 Å². The minimum atomic E-state index is -1.12. The van der Waals surface area contributed by atoms with Crippen LogP contribution in [0.1, 0.15) is 10.5 Å². The number of nitrogens with zero attached hydrogens (tertiary/aromatic N) is 3. The molecule has 0 unspecified atom stereocenters. The van der Waals surface area contributed by atoms with Crippen molar-refractivity contribution in [2.75, 3.05) is 0 Å². The highest BCUT2D eigenvalue weighted by Gasteiger charge is 2.17. The number of aromatic nitrogens is 3. The Morgan fingerprint density at radius 3 is 2.62 bits per heavy atom. The summed E-state index contributed by atoms with van der Waals surface area (Å²) in [5.74, 6) is -1.12. The molecule has 0 fully saturated rings. The van der Waals surface area contributed by atoms with E-state index in [1.807, 2.05) is 0 Å². The average Bonchev–Trinajstić information content (AvgIpc) is 3.10. The molecule has 102 valence electrons. The van der Waals surface area contributed by atoms with E-state index >= 15 is 0 Å². The molecule has 21 heavy (non-hydrogen) atoms. The van der Waals surface area contributed by atoms with Gasteiger partial charge in [0.1, 0.15) is 11.8 Å². The van der Waals surface area contributed by atoms with E-state index in [-0.39, 0.29) is 11.3 Å². The maximum absolute atomic E-state index is 12.6. The highest BCUT2D eigenvalue weighted by atomic mass is 16.4. The Balaban J connectivity index is 2.49. The van der Waals surface area contributed by atoms with Crippen molar-refractivity contribution in [3.63, 3.8) is 0 Å². The summed E-state index contributed by atoms with van der Waals surface area (Å²) < 4.78 is 3.10. The predicted octanol–water partition coefficient (Wildman–Crippen LogP) is 1.80. The van der Waals surface area contributed by atoms with Crippen LogP contribution in [0.5, 0.6) is 0 Å². The van der Waals surface area contributed by atoms with Gasteiger partial charge < -0.3 is 5.11 Å². The Kier molecular flexibility index (Phi) is 2.18. The number of para-hydroxylation sites is 1. The third-order valence-electron chi connectivity index (χ3n) is 3.57. The second-order valence-electron chi connectivity index (χ2n) is 4.70. The lowest BCUT2D eigenvalue weighted by Crippen LogP contribution is -2.08. The quantitative estimate of drug-likeness (QED) is 0.576. The summed E-state index contributed by atoms with van der Waals surface area (Å²) in [6.45, 7) is 0. The number of imidazole rings is 1. The van der Waals surface area contributed by atoms with Crippen LogP contribution in [0.15, 0.2) is 53.7 Å². The zero-order valence-electron chi connectivity index (χ0n) is 10.7. The summed E-state index contributed by atoms with van der Waals surface area (Å²) in [5.41, 5.74) is 1.29. The van der Waals surface area contributed by atoms with Crippen molar-refractivity contribution in [3.8, 4) is 0 Å². The molecule has 3 heterocycles. The summed E-state index contributed by atoms with van der Waals surface area (Å²) in [4.78, 5) is 28.0. The molecule has 4 aromatic rings. The van der Waals surface area contributed by atoms with E-state index in [1.165, 1.54) is 10.7 Å². The highest BCUT2D eigenvalue weighted by molar-refractivity contribution is 6.00. The first-order chi connectivity index (χ1) is 10.2. The van der Waals surface area contributed by atoms with Crippen molar-refractivity contribution in [1.82, 2.24) is 13.8 Å². The molecule has 4 rings (SSSR count). The molecule has 0 atom stereocenters. The number of fused-ring (bicyclic) bond motifs is 5. The van der Waals surface area contributed by atoms with Crippen LogP contribution in [-0.2, 0) is 0 Å². The predicted molar refractivity (Wildman–Crippen MR) is 76.9 cm³/mol. The van der Waals surface area contributed by atoms with Crippen molar-refractivity contribution in [2.45, 2.75) is 0 Å². The normalized spacial score (nSPS) is 11.4. The molecule has 0 radical (unpaired) electrons. The summed E-state index contributed by atoms with van der Waals surface area (Å²) in [7, 11) is 0. The van der Waals surface area contributed by atoms with E-state index in [1.54, 1.807) is 47.0 Å². The van der Waals surface area contributed by atoms with Gasteiger partial charge in [-0.15, -0.1) is 0 Å². The van der Waals surface area contributed by atoms with Gasteiger partial charge in [0, 0.05) is 6.20 Å². The van der Waals surface area contributed by atoms with Gasteiger partial charge in [0.2, 0.25) is 0 Å². The van der Waals surface area contributed by atoms with Gasteiger partial charge in [-0.1, -0.05) is 12.1 Å². The van der Waals surface area contributed by atoms with Crippen molar-refractivity contribution in [1.29, 1.82) is 0 Å². The van der Waals surface area contributed by atoms with E-state index in [9.17, 15) is 14.7 Å². The van der Waals surface area contributed by atoms with E-state index in [0.29, 0.717) is 21.9 Å². The molecule has 0 spiro atoms. The van der Waals surface area contributed by atoms with Crippen LogP contribution in [0, 0.1) is 0 Å². The minimum absolute atomic E-state index is 0.0700. The maximum atomic E-state index is 12.6. The molecule has 6 heteroatoms. The Bertz CT molecular complexity index is 1090. The van der Waals surface area contributed by atoms with E-state index in [4.69, 9.17) is 0 Å². The van der Waals surface area contributed by atoms with Gasteiger partial charge in [0.05, 0.1) is 16.4 Å². The number of carbonyl (C=O) groups is 1. The Labute approximate surface area is 117 Å². The van der Waals surface area contributed by atoms with Crippen LogP contribution in [0.2, 0.25) is 0 Å². The van der Waals surface area contributed by atoms with Gasteiger partial charge >= 0.3 is 5.97 Å². The van der Waals surface area contributed by atoms with Crippen molar-refractivity contribution < 1.29 is 9.90 Å². The zero-order chi connectivity index (χ0) is 14.6. The fourth-order valence-electron chi connectivity index (χ4n) is 2.68. The van der Waals surface area contributed by atoms with E-state index < -0.39 is 5.97 Å². The van der Waals surface area contributed by atoms with Gasteiger partial charge in [-0.25, -0.2) is 9.78 Å². The lowest BCUT2D eigenvalue weighted by Gasteiger charge is -1.95. The summed E-state index contributed by atoms with van der Waals surface area (Å²) >= 11 is 0. The number of rotatable bonds is 1. The maximum Gasteiger partial charge on any atom is 0.356 e. The van der Waals surface area contributed by atoms with Crippen molar-refractivity contribution in [3.05, 3.63) is 65.0 Å². The van der Waals surface area contributed by atoms with Crippen LogP contribution in [0.4, 0.5) is 0 Å². The molecule has 3 aromatic heterocycles. The van der Waals surface area contributed by atoms with E-state index in [0.717, 1.165) is 0 Å². The molecule has 0 bridgehead atoms. The van der Waals surface area contributed by atoms with Gasteiger partial charge in [-0.05, 0) is 24.3 Å². The fourth-order valence-corrected chi connectivity index (χ4v) is 2.68. The van der Waals surface area contributed by atoms with Gasteiger partial charge in [0.25, 0.3) is 5.56 Å². The number of hydrogen-bond acceptors (Lipinski definition) is 3. The average molecular weight is 279 g/mol. The molecular formula is C15H9N3O3. The molecule has 0 saturated heterocycles. The van der Waals surface area contributed by atoms with Gasteiger partial charge in [-0.3, -0.25) is 13.6 Å². The first-order valence-corrected chi connectivity index (χ1v) is 6.31. The summed E-state index contributed by atoms with van der Waals surface area (Å²) in [5, 5.41) is 9.83. The molecule has 0 aliphatic carbocycles. The molecule has 0 amide bonds. The third kappa shape index (κ3) is 1.44. The molecule has 0 saturated carbocycles. The first-order valence-electron chi connectivity index (χ1n) is 6.31. The smallest absolute Gasteiger partial charge is 0.356 e. The molecule has 1 aromatic carbocycles. The first kappa shape index (κ1) is 11.7. The molecule has 0 aliphatic rings. The van der Waals surface area contributed by atoms with Crippen LogP contribution >= 0.6 is 0 Å². The molecule has 1 N–H and O–H groups in total. The zero-order valence-corrected chi connectivity index (χ0v) is 10.7. The van der Waals surface area contributed by atoms with Crippen molar-refractivity contribution >= 4 is 27.9 Å². The number of carboxylic acid groups (broad SMARTS) is 1. The summed E-state index contributed by atoms with van der Waals surface area (Å²) in [6, 6.07) is 10.5. The summed E-state index contributed by atoms with van der Waals surface area (Å²) in [6.07, 6.45) is 3.07. The second kappa shape index (κ2) is 3.92. The number of carboxylic acids is 1. The SMILES string of the molecule is O=C(O)c1ncn2c3ccccc3c(=O)n3cccc3c12. The highest BCUT2D eigenvalue weighted by Crippen LogP contribution is 2.20. The molecule has 6 nitrogen and oxygen atoms in total. The topological polar surface area (TPSA) is 76.1 Å². The Hall–Kier alpha value is -3.15. The van der Waals surface area contributed by atoms with Crippen LogP contribution in [0.25, 0.3) is 21.9 Å². The Morgan fingerprint density at radius 2 is 1.81 bits per heavy atom. The monoisotopic (exact) mass is 279 g/mol. The Morgan fingerprint density at radius 1 is 1.05 bits per heavy atom. The third-order valence-corrected chi connectivity index (χ3v) is 3.57. The number of aromatic carboxylic acids is 1.